The summed E-state index contributed by atoms with van der Waals surface area (Å²) in [6.45, 7) is 1.64. The molecule has 7 heteroatoms. The monoisotopic (exact) mass is 372 g/mol. The summed E-state index contributed by atoms with van der Waals surface area (Å²) in [7, 11) is -1.96. The number of hydrogen-bond acceptors (Lipinski definition) is 3. The van der Waals surface area contributed by atoms with Gasteiger partial charge in [0.1, 0.15) is 5.82 Å². The maximum absolute atomic E-state index is 13.4. The number of nitrogens with one attached hydrogen (secondary N) is 2. The molecule has 2 aromatic carbocycles. The Morgan fingerprint density at radius 3 is 2.33 bits per heavy atom. The Morgan fingerprint density at radius 2 is 1.76 bits per heavy atom. The van der Waals surface area contributed by atoms with Crippen LogP contribution in [-0.2, 0) is 10.0 Å². The molecule has 2 rings (SSSR count). The number of benzene rings is 2. The van der Waals surface area contributed by atoms with Crippen LogP contribution in [0.2, 0.25) is 0 Å². The highest BCUT2D eigenvalue weighted by Gasteiger charge is 2.16. The van der Waals surface area contributed by atoms with E-state index in [2.05, 4.69) is 26.0 Å². The maximum Gasteiger partial charge on any atom is 0.261 e. The van der Waals surface area contributed by atoms with Gasteiger partial charge in [0.2, 0.25) is 0 Å². The van der Waals surface area contributed by atoms with Crippen LogP contribution in [0.25, 0.3) is 0 Å². The van der Waals surface area contributed by atoms with E-state index in [-0.39, 0.29) is 9.37 Å². The van der Waals surface area contributed by atoms with E-state index >= 15 is 0 Å². The highest BCUT2D eigenvalue weighted by atomic mass is 79.9. The van der Waals surface area contributed by atoms with Gasteiger partial charge in [-0.3, -0.25) is 4.72 Å². The van der Waals surface area contributed by atoms with Crippen molar-refractivity contribution >= 4 is 37.3 Å². The predicted octanol–water partition coefficient (Wildman–Crippen LogP) is 3.74. The van der Waals surface area contributed by atoms with Crippen LogP contribution in [0.5, 0.6) is 0 Å². The van der Waals surface area contributed by atoms with Crippen molar-refractivity contribution in [1.82, 2.24) is 0 Å². The Bertz CT molecular complexity index is 761. The standard InChI is InChI=1S/C14H14BrFN2O2S/c1-9-7-13(16)12(15)8-14(9)18-21(19,20)11-5-3-10(17-2)4-6-11/h3-8,17-18H,1-2H3. The van der Waals surface area contributed by atoms with E-state index in [1.807, 2.05) is 0 Å². The molecule has 0 bridgehead atoms. The van der Waals surface area contributed by atoms with E-state index in [0.29, 0.717) is 11.3 Å². The molecule has 112 valence electrons. The lowest BCUT2D eigenvalue weighted by molar-refractivity contribution is 0.600. The molecule has 0 unspecified atom stereocenters. The summed E-state index contributed by atoms with van der Waals surface area (Å²) >= 11 is 3.04. The second kappa shape index (κ2) is 6.03. The van der Waals surface area contributed by atoms with Gasteiger partial charge in [0.05, 0.1) is 15.1 Å². The molecule has 0 aliphatic carbocycles. The molecule has 0 saturated carbocycles. The molecule has 0 aromatic heterocycles. The van der Waals surface area contributed by atoms with Crippen molar-refractivity contribution in [2.75, 3.05) is 17.1 Å². The minimum Gasteiger partial charge on any atom is -0.388 e. The molecule has 0 radical (unpaired) electrons. The van der Waals surface area contributed by atoms with Gasteiger partial charge in [-0.15, -0.1) is 0 Å². The fourth-order valence-electron chi connectivity index (χ4n) is 1.76. The van der Waals surface area contributed by atoms with Crippen molar-refractivity contribution in [2.45, 2.75) is 11.8 Å². The van der Waals surface area contributed by atoms with E-state index in [4.69, 9.17) is 0 Å². The van der Waals surface area contributed by atoms with Gasteiger partial charge in [-0.2, -0.15) is 0 Å². The van der Waals surface area contributed by atoms with Crippen molar-refractivity contribution in [2.24, 2.45) is 0 Å². The zero-order valence-electron chi connectivity index (χ0n) is 11.4. The summed E-state index contributed by atoms with van der Waals surface area (Å²) in [5.41, 5.74) is 1.65. The van der Waals surface area contributed by atoms with Gasteiger partial charge in [-0.05, 0) is 64.8 Å². The minimum absolute atomic E-state index is 0.140. The number of rotatable bonds is 4. The Labute approximate surface area is 131 Å². The third kappa shape index (κ3) is 3.54. The van der Waals surface area contributed by atoms with Crippen molar-refractivity contribution in [3.63, 3.8) is 0 Å². The van der Waals surface area contributed by atoms with Crippen LogP contribution >= 0.6 is 15.9 Å². The molecule has 0 saturated heterocycles. The lowest BCUT2D eigenvalue weighted by atomic mass is 10.2. The average Bonchev–Trinajstić information content (AvgIpc) is 2.44. The molecule has 0 aliphatic heterocycles. The predicted molar refractivity (Wildman–Crippen MR) is 85.6 cm³/mol. The third-order valence-corrected chi connectivity index (χ3v) is 4.95. The van der Waals surface area contributed by atoms with E-state index in [1.165, 1.54) is 24.3 Å². The molecular weight excluding hydrogens is 359 g/mol. The molecule has 0 heterocycles. The highest BCUT2D eigenvalue weighted by Crippen LogP contribution is 2.26. The summed E-state index contributed by atoms with van der Waals surface area (Å²) in [5, 5.41) is 2.92. The number of aryl methyl sites for hydroxylation is 1. The molecule has 2 aromatic rings. The zero-order chi connectivity index (χ0) is 15.6. The molecule has 0 aliphatic rings. The molecular formula is C14H14BrFN2O2S. The summed E-state index contributed by atoms with van der Waals surface area (Å²) < 4.78 is 40.7. The van der Waals surface area contributed by atoms with E-state index < -0.39 is 15.8 Å². The molecule has 4 nitrogen and oxygen atoms in total. The molecule has 0 spiro atoms. The second-order valence-electron chi connectivity index (χ2n) is 4.46. The Balaban J connectivity index is 2.34. The number of halogens is 2. The molecule has 0 amide bonds. The smallest absolute Gasteiger partial charge is 0.261 e. The number of anilines is 2. The Hall–Kier alpha value is -1.60. The minimum atomic E-state index is -3.71. The first-order valence-corrected chi connectivity index (χ1v) is 8.37. The van der Waals surface area contributed by atoms with Crippen LogP contribution in [0.4, 0.5) is 15.8 Å². The van der Waals surface area contributed by atoms with Gasteiger partial charge < -0.3 is 5.32 Å². The van der Waals surface area contributed by atoms with Gasteiger partial charge in [0.25, 0.3) is 10.0 Å². The van der Waals surface area contributed by atoms with Crippen LogP contribution in [0.1, 0.15) is 5.56 Å². The topological polar surface area (TPSA) is 58.2 Å². The maximum atomic E-state index is 13.4. The first-order valence-electron chi connectivity index (χ1n) is 6.10. The SMILES string of the molecule is CNc1ccc(S(=O)(=O)Nc2cc(Br)c(F)cc2C)cc1. The first-order chi connectivity index (χ1) is 9.83. The summed E-state index contributed by atoms with van der Waals surface area (Å²) in [5.74, 6) is -0.436. The lowest BCUT2D eigenvalue weighted by Gasteiger charge is -2.12. The zero-order valence-corrected chi connectivity index (χ0v) is 13.8. The van der Waals surface area contributed by atoms with E-state index in [1.54, 1.807) is 26.1 Å². The second-order valence-corrected chi connectivity index (χ2v) is 7.00. The molecule has 0 fully saturated rings. The van der Waals surface area contributed by atoms with Crippen LogP contribution in [-0.4, -0.2) is 15.5 Å². The van der Waals surface area contributed by atoms with Gasteiger partial charge in [-0.1, -0.05) is 0 Å². The Morgan fingerprint density at radius 1 is 1.14 bits per heavy atom. The van der Waals surface area contributed by atoms with E-state index in [0.717, 1.165) is 5.69 Å². The van der Waals surface area contributed by atoms with Crippen molar-refractivity contribution in [3.8, 4) is 0 Å². The highest BCUT2D eigenvalue weighted by molar-refractivity contribution is 9.10. The Kier molecular flexibility index (Phi) is 4.53. The van der Waals surface area contributed by atoms with Gasteiger partial charge in [-0.25, -0.2) is 12.8 Å². The van der Waals surface area contributed by atoms with Gasteiger partial charge >= 0.3 is 0 Å². The number of hydrogen-bond donors (Lipinski definition) is 2. The molecule has 21 heavy (non-hydrogen) atoms. The van der Waals surface area contributed by atoms with Crippen LogP contribution in [0, 0.1) is 12.7 Å². The first kappa shape index (κ1) is 15.8. The summed E-state index contributed by atoms with van der Waals surface area (Å²) in [4.78, 5) is 0.140. The van der Waals surface area contributed by atoms with Gasteiger partial charge in [0, 0.05) is 12.7 Å². The molecule has 2 N–H and O–H groups in total. The van der Waals surface area contributed by atoms with Gasteiger partial charge in [0.15, 0.2) is 0 Å². The van der Waals surface area contributed by atoms with E-state index in [9.17, 15) is 12.8 Å². The summed E-state index contributed by atoms with van der Waals surface area (Å²) in [6.07, 6.45) is 0. The van der Waals surface area contributed by atoms with Crippen molar-refractivity contribution < 1.29 is 12.8 Å². The quantitative estimate of drug-likeness (QED) is 0.859. The van der Waals surface area contributed by atoms with Crippen LogP contribution in [0.3, 0.4) is 0 Å². The average molecular weight is 373 g/mol. The fourth-order valence-corrected chi connectivity index (χ4v) is 3.23. The molecule has 0 atom stereocenters. The third-order valence-electron chi connectivity index (χ3n) is 2.96. The van der Waals surface area contributed by atoms with Crippen molar-refractivity contribution in [1.29, 1.82) is 0 Å². The van der Waals surface area contributed by atoms with Crippen LogP contribution in [0.15, 0.2) is 45.8 Å². The normalized spacial score (nSPS) is 11.2. The summed E-state index contributed by atoms with van der Waals surface area (Å²) in [6, 6.07) is 9.02. The largest absolute Gasteiger partial charge is 0.388 e. The fraction of sp³-hybridized carbons (Fsp3) is 0.143. The van der Waals surface area contributed by atoms with Crippen molar-refractivity contribution in [3.05, 3.63) is 52.3 Å². The number of sulfonamides is 1. The lowest BCUT2D eigenvalue weighted by Crippen LogP contribution is -2.14. The van der Waals surface area contributed by atoms with Crippen LogP contribution < -0.4 is 10.0 Å².